The van der Waals surface area contributed by atoms with E-state index in [2.05, 4.69) is 19.1 Å². The molecule has 1 saturated heterocycles. The lowest BCUT2D eigenvalue weighted by atomic mass is 9.43. The molecular weight excluding hydrogens is 680 g/mol. The van der Waals surface area contributed by atoms with Gasteiger partial charge in [0.15, 0.2) is 17.3 Å². The van der Waals surface area contributed by atoms with Gasteiger partial charge in [-0.25, -0.2) is 0 Å². The minimum atomic E-state index is -1.69. The molecule has 8 N–H and O–H groups in total. The molecule has 5 fully saturated rings. The van der Waals surface area contributed by atoms with Crippen molar-refractivity contribution in [2.24, 2.45) is 45.8 Å². The van der Waals surface area contributed by atoms with Gasteiger partial charge in [-0.3, -0.25) is 4.79 Å². The largest absolute Gasteiger partial charge is 0.504 e. The van der Waals surface area contributed by atoms with Gasteiger partial charge in [0.2, 0.25) is 0 Å². The van der Waals surface area contributed by atoms with E-state index in [1.807, 2.05) is 20.8 Å². The lowest BCUT2D eigenvalue weighted by molar-refractivity contribution is -0.244. The molecule has 292 valence electrons. The molecule has 7 aliphatic carbocycles. The molecule has 9 rings (SSSR count). The number of carbonyl (C=O) groups is 1. The SMILES string of the molecule is CC1C(O)C2(OC3CC4(O)C5=CC(=O)C6C(c7ccc(O)c(O)c7)C(O)C(OCCCO)CC6(C)C5CCC4(C)C3C2(O)CCO)C2C=CC1(C)CC2. The molecule has 0 aromatic heterocycles. The van der Waals surface area contributed by atoms with Crippen molar-refractivity contribution in [2.75, 3.05) is 19.8 Å². The minimum Gasteiger partial charge on any atom is -0.504 e. The summed E-state index contributed by atoms with van der Waals surface area (Å²) in [5, 5.41) is 91.3. The molecular formula is C42H58O11. The van der Waals surface area contributed by atoms with Gasteiger partial charge in [-0.05, 0) is 90.5 Å². The summed E-state index contributed by atoms with van der Waals surface area (Å²) in [5.74, 6) is -3.94. The number of hydrogen-bond donors (Lipinski definition) is 8. The van der Waals surface area contributed by atoms with E-state index in [1.165, 1.54) is 12.1 Å². The second-order valence-electron chi connectivity index (χ2n) is 18.6. The highest BCUT2D eigenvalue weighted by molar-refractivity contribution is 5.96. The third-order valence-corrected chi connectivity index (χ3v) is 16.4. The zero-order valence-corrected chi connectivity index (χ0v) is 31.3. The van der Waals surface area contributed by atoms with E-state index in [9.17, 15) is 45.6 Å². The predicted octanol–water partition coefficient (Wildman–Crippen LogP) is 3.25. The monoisotopic (exact) mass is 738 g/mol. The van der Waals surface area contributed by atoms with E-state index in [0.29, 0.717) is 36.8 Å². The highest BCUT2D eigenvalue weighted by Crippen LogP contribution is 2.75. The van der Waals surface area contributed by atoms with Gasteiger partial charge in [0.25, 0.3) is 0 Å². The predicted molar refractivity (Wildman–Crippen MR) is 193 cm³/mol. The molecule has 2 bridgehead atoms. The van der Waals surface area contributed by atoms with Crippen LogP contribution in [-0.4, -0.2) is 108 Å². The zero-order chi connectivity index (χ0) is 38.1. The Morgan fingerprint density at radius 1 is 0.981 bits per heavy atom. The Bertz CT molecular complexity index is 1710. The number of aliphatic hydroxyl groups excluding tert-OH is 4. The molecule has 1 aliphatic heterocycles. The fourth-order valence-corrected chi connectivity index (χ4v) is 13.6. The third-order valence-electron chi connectivity index (χ3n) is 16.4. The summed E-state index contributed by atoms with van der Waals surface area (Å²) in [7, 11) is 0. The number of aliphatic hydroxyl groups is 6. The number of phenolic OH excluding ortho intramolecular Hbond substituents is 2. The maximum atomic E-state index is 14.7. The molecule has 11 nitrogen and oxygen atoms in total. The van der Waals surface area contributed by atoms with Gasteiger partial charge < -0.3 is 50.3 Å². The number of ether oxygens (including phenoxy) is 2. The molecule has 16 atom stereocenters. The number of carbonyl (C=O) groups excluding carboxylic acids is 1. The molecule has 4 saturated carbocycles. The first-order valence-corrected chi connectivity index (χ1v) is 19.8. The van der Waals surface area contributed by atoms with E-state index in [1.54, 1.807) is 12.1 Å². The lowest BCUT2D eigenvalue weighted by Crippen LogP contribution is -2.69. The van der Waals surface area contributed by atoms with Crippen LogP contribution in [0.15, 0.2) is 42.0 Å². The Morgan fingerprint density at radius 2 is 1.74 bits per heavy atom. The highest BCUT2D eigenvalue weighted by Gasteiger charge is 2.81. The van der Waals surface area contributed by atoms with Crippen molar-refractivity contribution >= 4 is 5.78 Å². The van der Waals surface area contributed by atoms with Crippen LogP contribution in [0.4, 0.5) is 0 Å². The Morgan fingerprint density at radius 3 is 2.40 bits per heavy atom. The maximum absolute atomic E-state index is 14.7. The van der Waals surface area contributed by atoms with Gasteiger partial charge in [-0.15, -0.1) is 0 Å². The Hall–Kier alpha value is -2.35. The molecule has 0 amide bonds. The van der Waals surface area contributed by atoms with E-state index in [0.717, 1.165) is 12.8 Å². The number of phenols is 2. The van der Waals surface area contributed by atoms with Gasteiger partial charge in [-0.1, -0.05) is 45.9 Å². The second kappa shape index (κ2) is 12.3. The fourth-order valence-electron chi connectivity index (χ4n) is 13.6. The lowest BCUT2D eigenvalue weighted by Gasteiger charge is -2.62. The average molecular weight is 739 g/mol. The first-order valence-electron chi connectivity index (χ1n) is 19.8. The van der Waals surface area contributed by atoms with Crippen LogP contribution >= 0.6 is 0 Å². The van der Waals surface area contributed by atoms with Crippen LogP contribution in [0.5, 0.6) is 11.5 Å². The van der Waals surface area contributed by atoms with E-state index in [4.69, 9.17) is 9.47 Å². The first kappa shape index (κ1) is 37.6. The number of allylic oxidation sites excluding steroid dienone is 2. The number of aromatic hydroxyl groups is 2. The van der Waals surface area contributed by atoms with Crippen molar-refractivity contribution in [3.05, 3.63) is 47.6 Å². The number of rotatable bonds is 7. The minimum absolute atomic E-state index is 0.0300. The van der Waals surface area contributed by atoms with Crippen LogP contribution in [0.1, 0.15) is 90.5 Å². The number of benzene rings is 1. The van der Waals surface area contributed by atoms with Gasteiger partial charge in [-0.2, -0.15) is 0 Å². The van der Waals surface area contributed by atoms with Gasteiger partial charge in [0.05, 0.1) is 30.0 Å². The molecule has 1 spiro atoms. The molecule has 1 aromatic carbocycles. The van der Waals surface area contributed by atoms with Crippen LogP contribution in [0.2, 0.25) is 0 Å². The summed E-state index contributed by atoms with van der Waals surface area (Å²) < 4.78 is 13.3. The molecule has 1 heterocycles. The van der Waals surface area contributed by atoms with Gasteiger partial charge in [0.1, 0.15) is 11.2 Å². The fraction of sp³-hybridized carbons (Fsp3) is 0.738. The van der Waals surface area contributed by atoms with E-state index in [-0.39, 0.29) is 73.1 Å². The van der Waals surface area contributed by atoms with E-state index < -0.39 is 69.8 Å². The van der Waals surface area contributed by atoms with E-state index >= 15 is 0 Å². The molecule has 1 aromatic rings. The van der Waals surface area contributed by atoms with Crippen LogP contribution < -0.4 is 0 Å². The topological polar surface area (TPSA) is 197 Å². The first-order chi connectivity index (χ1) is 25.0. The number of hydrogen-bond acceptors (Lipinski definition) is 11. The van der Waals surface area contributed by atoms with Crippen molar-refractivity contribution in [3.8, 4) is 11.5 Å². The van der Waals surface area contributed by atoms with Crippen molar-refractivity contribution in [1.82, 2.24) is 0 Å². The van der Waals surface area contributed by atoms with Gasteiger partial charge in [0, 0.05) is 61.7 Å². The van der Waals surface area contributed by atoms with Crippen molar-refractivity contribution in [2.45, 2.75) is 126 Å². The Labute approximate surface area is 311 Å². The molecule has 53 heavy (non-hydrogen) atoms. The van der Waals surface area contributed by atoms with Gasteiger partial charge >= 0.3 is 0 Å². The molecule has 16 unspecified atom stereocenters. The molecule has 11 heteroatoms. The van der Waals surface area contributed by atoms with Crippen molar-refractivity contribution < 1.29 is 55.1 Å². The highest BCUT2D eigenvalue weighted by atomic mass is 16.6. The Balaban J connectivity index is 1.22. The molecule has 0 radical (unpaired) electrons. The number of fused-ring (bicyclic) bond motifs is 9. The smallest absolute Gasteiger partial charge is 0.160 e. The summed E-state index contributed by atoms with van der Waals surface area (Å²) in [4.78, 5) is 14.7. The van der Waals surface area contributed by atoms with Crippen LogP contribution in [0.25, 0.3) is 0 Å². The molecule has 8 aliphatic rings. The summed E-state index contributed by atoms with van der Waals surface area (Å²) in [6, 6.07) is 4.34. The summed E-state index contributed by atoms with van der Waals surface area (Å²) >= 11 is 0. The number of ketones is 1. The second-order valence-corrected chi connectivity index (χ2v) is 18.6. The van der Waals surface area contributed by atoms with Crippen molar-refractivity contribution in [1.29, 1.82) is 0 Å². The summed E-state index contributed by atoms with van der Waals surface area (Å²) in [6.45, 7) is 7.93. The standard InChI is InChI=1S/C42H58O11/c1-22-36(49)42(24-8-11-37(22,2)12-9-24)40(50,14-16-44)35-31(53-42)21-41(51)26-19-29(47)33-32(23-6-7-27(45)28(46)18-23)34(48)30(52-17-5-15-43)20-38(33,3)25(26)10-13-39(35,41)4/h6-8,11,18-19,22,24-25,30-36,43-46,48-51H,5,9-10,12-17,20-21H2,1-4H3. The summed E-state index contributed by atoms with van der Waals surface area (Å²) in [5.41, 5.74) is -5.61. The van der Waals surface area contributed by atoms with Crippen molar-refractivity contribution in [3.63, 3.8) is 0 Å². The van der Waals surface area contributed by atoms with Crippen LogP contribution in [0.3, 0.4) is 0 Å². The summed E-state index contributed by atoms with van der Waals surface area (Å²) in [6.07, 6.45) is 5.65. The van der Waals surface area contributed by atoms with Crippen LogP contribution in [0, 0.1) is 45.8 Å². The zero-order valence-electron chi connectivity index (χ0n) is 31.3. The Kier molecular flexibility index (Phi) is 8.74. The maximum Gasteiger partial charge on any atom is 0.160 e. The van der Waals surface area contributed by atoms with Crippen LogP contribution in [-0.2, 0) is 14.3 Å². The third kappa shape index (κ3) is 4.71. The normalized spacial score (nSPS) is 51.1. The average Bonchev–Trinajstić information content (AvgIpc) is 3.45. The quantitative estimate of drug-likeness (QED) is 0.116.